The van der Waals surface area contributed by atoms with Gasteiger partial charge in [0.05, 0.1) is 11.6 Å². The van der Waals surface area contributed by atoms with Gasteiger partial charge >= 0.3 is 5.97 Å². The average molecular weight is 333 g/mol. The minimum atomic E-state index is -1.33. The molecule has 0 saturated heterocycles. The predicted molar refractivity (Wildman–Crippen MR) is 79.4 cm³/mol. The molecule has 0 bridgehead atoms. The van der Waals surface area contributed by atoms with Crippen molar-refractivity contribution in [2.75, 3.05) is 6.79 Å². The summed E-state index contributed by atoms with van der Waals surface area (Å²) < 4.78 is 15.7. The molecule has 3 aliphatic rings. The van der Waals surface area contributed by atoms with Crippen LogP contribution in [0.5, 0.6) is 11.5 Å². The van der Waals surface area contributed by atoms with Gasteiger partial charge in [-0.3, -0.25) is 9.59 Å². The summed E-state index contributed by atoms with van der Waals surface area (Å²) >= 11 is 0. The van der Waals surface area contributed by atoms with Crippen LogP contribution >= 0.6 is 0 Å². The molecular formula is C16H15NO7. The summed E-state index contributed by atoms with van der Waals surface area (Å²) in [6, 6.07) is 2.43. The van der Waals surface area contributed by atoms with E-state index < -0.39 is 30.3 Å². The molecule has 3 N–H and O–H groups in total. The van der Waals surface area contributed by atoms with Gasteiger partial charge in [-0.15, -0.1) is 0 Å². The zero-order valence-electron chi connectivity index (χ0n) is 12.7. The number of rotatable bonds is 1. The van der Waals surface area contributed by atoms with Gasteiger partial charge in [0.15, 0.2) is 11.5 Å². The third-order valence-electron chi connectivity index (χ3n) is 4.36. The second kappa shape index (κ2) is 5.22. The van der Waals surface area contributed by atoms with Crippen LogP contribution in [0, 0.1) is 0 Å². The number of carbonyl (C=O) groups excluding carboxylic acids is 2. The monoisotopic (exact) mass is 333 g/mol. The van der Waals surface area contributed by atoms with E-state index in [1.165, 1.54) is 6.92 Å². The largest absolute Gasteiger partial charge is 0.455 e. The highest BCUT2D eigenvalue weighted by atomic mass is 16.7. The van der Waals surface area contributed by atoms with Crippen LogP contribution in [-0.4, -0.2) is 53.2 Å². The van der Waals surface area contributed by atoms with Gasteiger partial charge in [0.1, 0.15) is 18.3 Å². The number of benzene rings is 1. The normalized spacial score (nSPS) is 30.0. The van der Waals surface area contributed by atoms with E-state index in [1.54, 1.807) is 18.2 Å². The molecule has 0 saturated carbocycles. The molecule has 0 fully saturated rings. The first-order valence-corrected chi connectivity index (χ1v) is 7.45. The standard InChI is InChI=1S/C16H15NO7/c1-6(18)24-12-3-8-7-2-10-11(23-5-22-10)4-9(7)16(21)17-13(8)15(20)14(12)19/h2-4,12-15,19-20H,5H2,1H3,(H,17,21)/t12-,13+,14+,15-/m0/s1. The quantitative estimate of drug-likeness (QED) is 0.598. The minimum absolute atomic E-state index is 0.0692. The topological polar surface area (TPSA) is 114 Å². The lowest BCUT2D eigenvalue weighted by molar-refractivity contribution is -0.153. The Morgan fingerprint density at radius 3 is 2.54 bits per heavy atom. The summed E-state index contributed by atoms with van der Waals surface area (Å²) in [5.41, 5.74) is 1.48. The van der Waals surface area contributed by atoms with Crippen LogP contribution in [0.15, 0.2) is 18.2 Å². The number of amides is 1. The van der Waals surface area contributed by atoms with E-state index in [0.29, 0.717) is 28.2 Å². The maximum absolute atomic E-state index is 12.3. The van der Waals surface area contributed by atoms with Crippen molar-refractivity contribution >= 4 is 17.4 Å². The van der Waals surface area contributed by atoms with Crippen LogP contribution < -0.4 is 14.8 Å². The first kappa shape index (κ1) is 15.0. The molecule has 4 atom stereocenters. The van der Waals surface area contributed by atoms with Gasteiger partial charge in [0.2, 0.25) is 6.79 Å². The number of ether oxygens (including phenoxy) is 3. The zero-order valence-corrected chi connectivity index (χ0v) is 12.7. The number of aliphatic hydroxyl groups is 2. The highest BCUT2D eigenvalue weighted by molar-refractivity contribution is 6.05. The predicted octanol–water partition coefficient (Wildman–Crippen LogP) is -0.422. The fraction of sp³-hybridized carbons (Fsp3) is 0.375. The number of hydrogen-bond donors (Lipinski definition) is 3. The Kier molecular flexibility index (Phi) is 3.26. The van der Waals surface area contributed by atoms with Gasteiger partial charge in [-0.2, -0.15) is 0 Å². The van der Waals surface area contributed by atoms with Crippen molar-refractivity contribution in [1.29, 1.82) is 0 Å². The van der Waals surface area contributed by atoms with Crippen molar-refractivity contribution in [2.45, 2.75) is 31.3 Å². The summed E-state index contributed by atoms with van der Waals surface area (Å²) in [6.07, 6.45) is -2.10. The highest BCUT2D eigenvalue weighted by Crippen LogP contribution is 2.41. The third kappa shape index (κ3) is 2.15. The molecule has 126 valence electrons. The average Bonchev–Trinajstić information content (AvgIpc) is 2.99. The zero-order chi connectivity index (χ0) is 17.0. The molecule has 1 aromatic rings. The molecule has 0 aromatic heterocycles. The van der Waals surface area contributed by atoms with Crippen molar-refractivity contribution in [1.82, 2.24) is 5.32 Å². The molecule has 1 aromatic carbocycles. The molecule has 0 radical (unpaired) electrons. The third-order valence-corrected chi connectivity index (χ3v) is 4.36. The fourth-order valence-corrected chi connectivity index (χ4v) is 3.26. The summed E-state index contributed by atoms with van der Waals surface area (Å²) in [5, 5.41) is 23.2. The van der Waals surface area contributed by atoms with E-state index in [2.05, 4.69) is 5.32 Å². The van der Waals surface area contributed by atoms with Crippen LogP contribution in [0.1, 0.15) is 22.8 Å². The van der Waals surface area contributed by atoms with E-state index >= 15 is 0 Å². The molecule has 0 spiro atoms. The molecule has 24 heavy (non-hydrogen) atoms. The molecular weight excluding hydrogens is 318 g/mol. The summed E-state index contributed by atoms with van der Waals surface area (Å²) in [7, 11) is 0. The van der Waals surface area contributed by atoms with E-state index in [-0.39, 0.29) is 12.7 Å². The summed E-state index contributed by atoms with van der Waals surface area (Å²) in [5.74, 6) is -0.00133. The van der Waals surface area contributed by atoms with E-state index in [9.17, 15) is 19.8 Å². The Bertz CT molecular complexity index is 772. The van der Waals surface area contributed by atoms with Crippen LogP contribution in [0.3, 0.4) is 0 Å². The first-order chi connectivity index (χ1) is 11.5. The Morgan fingerprint density at radius 1 is 1.21 bits per heavy atom. The minimum Gasteiger partial charge on any atom is -0.455 e. The number of nitrogens with one attached hydrogen (secondary N) is 1. The summed E-state index contributed by atoms with van der Waals surface area (Å²) in [6.45, 7) is 1.29. The fourth-order valence-electron chi connectivity index (χ4n) is 3.26. The van der Waals surface area contributed by atoms with Crippen molar-refractivity contribution in [3.05, 3.63) is 29.3 Å². The molecule has 2 heterocycles. The van der Waals surface area contributed by atoms with E-state index in [0.717, 1.165) is 0 Å². The first-order valence-electron chi connectivity index (χ1n) is 7.45. The molecule has 4 rings (SSSR count). The van der Waals surface area contributed by atoms with Gasteiger partial charge in [-0.25, -0.2) is 0 Å². The number of fused-ring (bicyclic) bond motifs is 4. The Balaban J connectivity index is 1.84. The van der Waals surface area contributed by atoms with Crippen molar-refractivity contribution in [3.63, 3.8) is 0 Å². The lowest BCUT2D eigenvalue weighted by atomic mass is 9.79. The van der Waals surface area contributed by atoms with Crippen molar-refractivity contribution < 1.29 is 34.0 Å². The van der Waals surface area contributed by atoms with Gasteiger partial charge in [-0.05, 0) is 29.3 Å². The van der Waals surface area contributed by atoms with Crippen LogP contribution in [0.2, 0.25) is 0 Å². The molecule has 1 amide bonds. The SMILES string of the molecule is CC(=O)O[C@H]1C=C2c3cc4c(cc3C(=O)N[C@H]2[C@H](O)[C@@H]1O)OCO4. The lowest BCUT2D eigenvalue weighted by Gasteiger charge is -2.39. The molecule has 8 heteroatoms. The number of aliphatic hydroxyl groups excluding tert-OH is 2. The molecule has 0 unspecified atom stereocenters. The maximum atomic E-state index is 12.3. The maximum Gasteiger partial charge on any atom is 0.303 e. The number of esters is 1. The number of hydrogen-bond acceptors (Lipinski definition) is 7. The lowest BCUT2D eigenvalue weighted by Crippen LogP contribution is -2.57. The molecule has 1 aliphatic carbocycles. The van der Waals surface area contributed by atoms with Crippen molar-refractivity contribution in [3.8, 4) is 11.5 Å². The van der Waals surface area contributed by atoms with Gasteiger partial charge < -0.3 is 29.7 Å². The van der Waals surface area contributed by atoms with Crippen LogP contribution in [0.25, 0.3) is 5.57 Å². The van der Waals surface area contributed by atoms with Gasteiger partial charge in [0.25, 0.3) is 5.91 Å². The molecule has 8 nitrogen and oxygen atoms in total. The summed E-state index contributed by atoms with van der Waals surface area (Å²) in [4.78, 5) is 23.6. The smallest absolute Gasteiger partial charge is 0.303 e. The second-order valence-electron chi connectivity index (χ2n) is 5.88. The van der Waals surface area contributed by atoms with E-state index in [4.69, 9.17) is 14.2 Å². The Hall–Kier alpha value is -2.58. The van der Waals surface area contributed by atoms with Gasteiger partial charge in [0, 0.05) is 6.92 Å². The Morgan fingerprint density at radius 2 is 1.88 bits per heavy atom. The second-order valence-corrected chi connectivity index (χ2v) is 5.88. The van der Waals surface area contributed by atoms with Crippen molar-refractivity contribution in [2.24, 2.45) is 0 Å². The van der Waals surface area contributed by atoms with Crippen LogP contribution in [-0.2, 0) is 9.53 Å². The van der Waals surface area contributed by atoms with E-state index in [1.807, 2.05) is 0 Å². The molecule has 2 aliphatic heterocycles. The van der Waals surface area contributed by atoms with Crippen LogP contribution in [0.4, 0.5) is 0 Å². The Labute approximate surface area is 136 Å². The van der Waals surface area contributed by atoms with Gasteiger partial charge in [-0.1, -0.05) is 0 Å². The number of carbonyl (C=O) groups is 2. The highest BCUT2D eigenvalue weighted by Gasteiger charge is 2.44.